The number of carbonyl (C=O) groups is 3. The molecule has 12 heteroatoms. The van der Waals surface area contributed by atoms with E-state index in [0.717, 1.165) is 4.90 Å². The molecule has 0 saturated heterocycles. The number of carbonyl (C=O) groups excluding carboxylic acids is 2. The zero-order chi connectivity index (χ0) is 21.2. The van der Waals surface area contributed by atoms with Crippen LogP contribution in [-0.4, -0.2) is 66.4 Å². The number of anilines is 1. The number of amides is 2. The molecule has 3 N–H and O–H groups in total. The van der Waals surface area contributed by atoms with E-state index in [0.29, 0.717) is 5.56 Å². The Kier molecular flexibility index (Phi) is 5.43. The van der Waals surface area contributed by atoms with Gasteiger partial charge in [0.25, 0.3) is 5.91 Å². The molecule has 2 amide bonds. The molecule has 3 heterocycles. The summed E-state index contributed by atoms with van der Waals surface area (Å²) in [6, 6.07) is 1.06. The van der Waals surface area contributed by atoms with E-state index in [1.54, 1.807) is 32.9 Å². The number of aromatic amines is 1. The van der Waals surface area contributed by atoms with E-state index in [2.05, 4.69) is 30.9 Å². The van der Waals surface area contributed by atoms with Crippen LogP contribution in [-0.2, 0) is 27.2 Å². The van der Waals surface area contributed by atoms with Gasteiger partial charge in [0, 0.05) is 19.0 Å². The van der Waals surface area contributed by atoms with E-state index < -0.39 is 35.7 Å². The number of hydrogen-bond acceptors (Lipinski definition) is 8. The van der Waals surface area contributed by atoms with Gasteiger partial charge in [0.1, 0.15) is 23.5 Å². The lowest BCUT2D eigenvalue weighted by Gasteiger charge is -2.28. The van der Waals surface area contributed by atoms with E-state index in [-0.39, 0.29) is 24.5 Å². The third kappa shape index (κ3) is 4.65. The third-order valence-corrected chi connectivity index (χ3v) is 4.11. The molecule has 0 aliphatic carbocycles. The van der Waals surface area contributed by atoms with Crippen LogP contribution in [0.2, 0.25) is 0 Å². The molecular weight excluding hydrogens is 382 g/mol. The molecule has 2 aromatic heterocycles. The maximum Gasteiger partial charge on any atom is 0.408 e. The van der Waals surface area contributed by atoms with E-state index in [9.17, 15) is 19.5 Å². The van der Waals surface area contributed by atoms with Gasteiger partial charge >= 0.3 is 12.1 Å². The predicted molar refractivity (Wildman–Crippen MR) is 97.9 cm³/mol. The molecule has 154 valence electrons. The van der Waals surface area contributed by atoms with Crippen molar-refractivity contribution in [3.05, 3.63) is 29.7 Å². The standard InChI is InChI=1S/C17H21N7O5/c1-17(2,3)29-16(28)19-10(8-12-20-22-23-21-12)14(25)24-11(15(26)27)7-9-5-4-6-18-13(9)24/h4-6,10-11H,7-8H2,1-3H3,(H,19,28)(H,26,27)(H,20,21,22,23). The van der Waals surface area contributed by atoms with Crippen molar-refractivity contribution in [1.82, 2.24) is 30.9 Å². The summed E-state index contributed by atoms with van der Waals surface area (Å²) in [5, 5.41) is 25.4. The number of carboxylic acid groups (broad SMARTS) is 1. The molecule has 0 aromatic carbocycles. The molecule has 0 fully saturated rings. The van der Waals surface area contributed by atoms with Crippen LogP contribution >= 0.6 is 0 Å². The number of pyridine rings is 1. The van der Waals surface area contributed by atoms with Crippen LogP contribution in [0.15, 0.2) is 18.3 Å². The summed E-state index contributed by atoms with van der Waals surface area (Å²) >= 11 is 0. The van der Waals surface area contributed by atoms with Gasteiger partial charge < -0.3 is 15.2 Å². The SMILES string of the molecule is CC(C)(C)OC(=O)NC(Cc1nn[nH]n1)C(=O)N1c2ncccc2CC1C(=O)O. The number of nitrogens with one attached hydrogen (secondary N) is 2. The zero-order valence-electron chi connectivity index (χ0n) is 16.1. The molecule has 2 unspecified atom stereocenters. The number of tetrazole rings is 1. The molecule has 12 nitrogen and oxygen atoms in total. The average Bonchev–Trinajstić information content (AvgIpc) is 3.26. The van der Waals surface area contributed by atoms with E-state index in [4.69, 9.17) is 4.74 Å². The lowest BCUT2D eigenvalue weighted by molar-refractivity contribution is -0.140. The minimum atomic E-state index is -1.18. The fourth-order valence-corrected chi connectivity index (χ4v) is 2.98. The molecule has 1 aliphatic rings. The Morgan fingerprint density at radius 3 is 2.79 bits per heavy atom. The summed E-state index contributed by atoms with van der Waals surface area (Å²) in [6.45, 7) is 5.05. The molecule has 2 aromatic rings. The van der Waals surface area contributed by atoms with Gasteiger partial charge in [-0.25, -0.2) is 14.6 Å². The van der Waals surface area contributed by atoms with Crippen molar-refractivity contribution in [3.63, 3.8) is 0 Å². The first-order chi connectivity index (χ1) is 13.7. The molecule has 3 rings (SSSR count). The Hall–Kier alpha value is -3.57. The predicted octanol–water partition coefficient (Wildman–Crippen LogP) is 0.0730. The van der Waals surface area contributed by atoms with Crippen LogP contribution in [0.1, 0.15) is 32.2 Å². The summed E-state index contributed by atoms with van der Waals surface area (Å²) in [7, 11) is 0. The zero-order valence-corrected chi connectivity index (χ0v) is 16.1. The van der Waals surface area contributed by atoms with Gasteiger partial charge in [0.2, 0.25) is 0 Å². The van der Waals surface area contributed by atoms with Gasteiger partial charge in [-0.05, 0) is 32.4 Å². The number of alkyl carbamates (subject to hydrolysis) is 1. The second-order valence-electron chi connectivity index (χ2n) is 7.48. The smallest absolute Gasteiger partial charge is 0.408 e. The molecular formula is C17H21N7O5. The van der Waals surface area contributed by atoms with Crippen molar-refractivity contribution in [2.45, 2.75) is 51.3 Å². The van der Waals surface area contributed by atoms with E-state index in [1.165, 1.54) is 6.20 Å². The molecule has 0 saturated carbocycles. The van der Waals surface area contributed by atoms with E-state index in [1.807, 2.05) is 0 Å². The minimum Gasteiger partial charge on any atom is -0.480 e. The van der Waals surface area contributed by atoms with Gasteiger partial charge in [-0.1, -0.05) is 11.3 Å². The van der Waals surface area contributed by atoms with Gasteiger partial charge in [-0.15, -0.1) is 10.2 Å². The highest BCUT2D eigenvalue weighted by Crippen LogP contribution is 2.31. The number of aliphatic carboxylic acids is 1. The Morgan fingerprint density at radius 2 is 2.17 bits per heavy atom. The summed E-state index contributed by atoms with van der Waals surface area (Å²) in [6.07, 6.45) is 0.649. The Labute approximate surface area is 165 Å². The number of aromatic nitrogens is 5. The highest BCUT2D eigenvalue weighted by Gasteiger charge is 2.42. The number of carboxylic acids is 1. The first-order valence-corrected chi connectivity index (χ1v) is 8.87. The van der Waals surface area contributed by atoms with Crippen LogP contribution in [0.3, 0.4) is 0 Å². The van der Waals surface area contributed by atoms with E-state index >= 15 is 0 Å². The number of H-pyrrole nitrogens is 1. The normalized spacial score (nSPS) is 16.8. The molecule has 1 aliphatic heterocycles. The van der Waals surface area contributed by atoms with Crippen LogP contribution in [0.4, 0.5) is 10.6 Å². The summed E-state index contributed by atoms with van der Waals surface area (Å²) in [4.78, 5) is 42.6. The minimum absolute atomic E-state index is 0.112. The topological polar surface area (TPSA) is 163 Å². The van der Waals surface area contributed by atoms with Crippen molar-refractivity contribution < 1.29 is 24.2 Å². The van der Waals surface area contributed by atoms with Crippen molar-refractivity contribution in [3.8, 4) is 0 Å². The fraction of sp³-hybridized carbons (Fsp3) is 0.471. The number of nitrogens with zero attached hydrogens (tertiary/aromatic N) is 5. The van der Waals surface area contributed by atoms with Crippen molar-refractivity contribution in [2.75, 3.05) is 4.90 Å². The highest BCUT2D eigenvalue weighted by atomic mass is 16.6. The fourth-order valence-electron chi connectivity index (χ4n) is 2.98. The molecule has 0 radical (unpaired) electrons. The number of hydrogen-bond donors (Lipinski definition) is 3. The van der Waals surface area contributed by atoms with Crippen LogP contribution in [0.25, 0.3) is 0 Å². The Morgan fingerprint density at radius 1 is 1.41 bits per heavy atom. The lowest BCUT2D eigenvalue weighted by atomic mass is 10.1. The largest absolute Gasteiger partial charge is 0.480 e. The first-order valence-electron chi connectivity index (χ1n) is 8.87. The monoisotopic (exact) mass is 403 g/mol. The average molecular weight is 403 g/mol. The quantitative estimate of drug-likeness (QED) is 0.627. The maximum atomic E-state index is 13.3. The van der Waals surface area contributed by atoms with Crippen molar-refractivity contribution in [1.29, 1.82) is 0 Å². The third-order valence-electron chi connectivity index (χ3n) is 4.11. The van der Waals surface area contributed by atoms with Gasteiger partial charge in [-0.3, -0.25) is 9.69 Å². The van der Waals surface area contributed by atoms with Crippen LogP contribution in [0, 0.1) is 0 Å². The second kappa shape index (κ2) is 7.81. The highest BCUT2D eigenvalue weighted by molar-refractivity contribution is 6.04. The summed E-state index contributed by atoms with van der Waals surface area (Å²) < 4.78 is 5.23. The van der Waals surface area contributed by atoms with Gasteiger partial charge in [0.15, 0.2) is 5.82 Å². The lowest BCUT2D eigenvalue weighted by Crippen LogP contribution is -2.54. The van der Waals surface area contributed by atoms with Crippen molar-refractivity contribution >= 4 is 23.8 Å². The summed E-state index contributed by atoms with van der Waals surface area (Å²) in [5.41, 5.74) is -0.154. The van der Waals surface area contributed by atoms with Gasteiger partial charge in [0.05, 0.1) is 0 Å². The molecule has 0 bridgehead atoms. The first kappa shape index (κ1) is 20.2. The van der Waals surface area contributed by atoms with Crippen molar-refractivity contribution in [2.24, 2.45) is 0 Å². The Bertz CT molecular complexity index is 909. The second-order valence-corrected chi connectivity index (χ2v) is 7.48. The number of ether oxygens (including phenoxy) is 1. The summed E-state index contributed by atoms with van der Waals surface area (Å²) in [5.74, 6) is -1.42. The van der Waals surface area contributed by atoms with Gasteiger partial charge in [-0.2, -0.15) is 5.21 Å². The van der Waals surface area contributed by atoms with Crippen LogP contribution in [0.5, 0.6) is 0 Å². The molecule has 2 atom stereocenters. The molecule has 29 heavy (non-hydrogen) atoms. The number of rotatable bonds is 5. The Balaban J connectivity index is 1.90. The molecule has 0 spiro atoms. The van der Waals surface area contributed by atoms with Crippen LogP contribution < -0.4 is 10.2 Å². The maximum absolute atomic E-state index is 13.3. The number of fused-ring (bicyclic) bond motifs is 1.